The summed E-state index contributed by atoms with van der Waals surface area (Å²) in [7, 11) is -3.80. The number of hydrogen-bond acceptors (Lipinski definition) is 4. The van der Waals surface area contributed by atoms with Gasteiger partial charge in [0, 0.05) is 25.2 Å². The molecule has 0 spiro atoms. The summed E-state index contributed by atoms with van der Waals surface area (Å²) >= 11 is 0. The molecule has 0 unspecified atom stereocenters. The Balaban J connectivity index is 1.53. The van der Waals surface area contributed by atoms with Gasteiger partial charge in [0.15, 0.2) is 9.84 Å². The number of nitrogens with one attached hydrogen (secondary N) is 1. The molecular weight excluding hydrogens is 407 g/mol. The molecule has 0 atom stereocenters. The van der Waals surface area contributed by atoms with E-state index in [1.165, 1.54) is 6.07 Å². The van der Waals surface area contributed by atoms with Crippen LogP contribution in [0.1, 0.15) is 44.1 Å². The van der Waals surface area contributed by atoms with E-state index >= 15 is 0 Å². The molecule has 1 N–H and O–H groups in total. The van der Waals surface area contributed by atoms with Crippen LogP contribution in [0.4, 0.5) is 13.2 Å². The number of ether oxygens (including phenoxy) is 1. The fourth-order valence-electron chi connectivity index (χ4n) is 4.02. The van der Waals surface area contributed by atoms with Gasteiger partial charge in [-0.3, -0.25) is 4.79 Å². The number of halogens is 3. The number of hydrogen-bond donors (Lipinski definition) is 1. The van der Waals surface area contributed by atoms with Gasteiger partial charge >= 0.3 is 6.18 Å². The molecule has 5 nitrogen and oxygen atoms in total. The lowest BCUT2D eigenvalue weighted by atomic mass is 9.86. The highest BCUT2D eigenvalue weighted by atomic mass is 32.2. The van der Waals surface area contributed by atoms with Crippen molar-refractivity contribution in [3.63, 3.8) is 0 Å². The molecule has 162 valence electrons. The number of benzene rings is 1. The van der Waals surface area contributed by atoms with Crippen molar-refractivity contribution >= 4 is 15.7 Å². The maximum absolute atomic E-state index is 12.9. The molecule has 0 radical (unpaired) electrons. The number of carbonyl (C=O) groups excluding carboxylic acids is 1. The van der Waals surface area contributed by atoms with Crippen molar-refractivity contribution in [2.45, 2.75) is 55.6 Å². The highest BCUT2D eigenvalue weighted by Gasteiger charge is 2.33. The van der Waals surface area contributed by atoms with Crippen molar-refractivity contribution in [2.75, 3.05) is 19.0 Å². The summed E-state index contributed by atoms with van der Waals surface area (Å²) in [5.41, 5.74) is -0.960. The van der Waals surface area contributed by atoms with Crippen molar-refractivity contribution in [2.24, 2.45) is 11.8 Å². The van der Waals surface area contributed by atoms with Crippen LogP contribution in [0.3, 0.4) is 0 Å². The Labute approximate surface area is 168 Å². The molecule has 1 aromatic carbocycles. The first-order valence-corrected chi connectivity index (χ1v) is 11.6. The van der Waals surface area contributed by atoms with Gasteiger partial charge in [-0.2, -0.15) is 13.2 Å². The summed E-state index contributed by atoms with van der Waals surface area (Å²) in [6.07, 6.45) is -0.539. The lowest BCUT2D eigenvalue weighted by molar-refractivity contribution is -0.137. The molecule has 9 heteroatoms. The monoisotopic (exact) mass is 433 g/mol. The average Bonchev–Trinajstić information content (AvgIpc) is 2.69. The molecule has 0 aromatic heterocycles. The molecule has 2 aliphatic rings. The van der Waals surface area contributed by atoms with Crippen LogP contribution in [-0.2, 0) is 25.5 Å². The molecule has 1 amide bonds. The van der Waals surface area contributed by atoms with Gasteiger partial charge in [-0.25, -0.2) is 8.42 Å². The molecule has 3 rings (SSSR count). The standard InChI is InChI=1S/C20H26F3NO4S/c21-20(22,23)16-2-1-3-18(12-16)29(26,27)13-14-4-6-17(7-5-14)24-19(25)15-8-10-28-11-9-15/h1-3,12,14-15,17H,4-11,13H2,(H,24,25). The maximum Gasteiger partial charge on any atom is 0.416 e. The second kappa shape index (κ2) is 9.04. The van der Waals surface area contributed by atoms with Gasteiger partial charge in [-0.1, -0.05) is 6.07 Å². The van der Waals surface area contributed by atoms with Crippen molar-refractivity contribution in [3.8, 4) is 0 Å². The van der Waals surface area contributed by atoms with Crippen molar-refractivity contribution in [1.82, 2.24) is 5.32 Å². The number of sulfone groups is 1. The van der Waals surface area contributed by atoms with E-state index in [0.717, 1.165) is 25.0 Å². The Bertz CT molecular complexity index is 811. The zero-order valence-electron chi connectivity index (χ0n) is 16.1. The van der Waals surface area contributed by atoms with E-state index in [4.69, 9.17) is 4.74 Å². The fourth-order valence-corrected chi connectivity index (χ4v) is 5.76. The van der Waals surface area contributed by atoms with Crippen LogP contribution in [0.2, 0.25) is 0 Å². The quantitative estimate of drug-likeness (QED) is 0.771. The minimum absolute atomic E-state index is 0.0252. The van der Waals surface area contributed by atoms with Gasteiger partial charge in [0.25, 0.3) is 0 Å². The van der Waals surface area contributed by atoms with Crippen LogP contribution in [0.25, 0.3) is 0 Å². The van der Waals surface area contributed by atoms with Crippen LogP contribution in [0, 0.1) is 11.8 Å². The van der Waals surface area contributed by atoms with E-state index in [1.54, 1.807) is 0 Å². The maximum atomic E-state index is 12.9. The predicted molar refractivity (Wildman–Crippen MR) is 101 cm³/mol. The second-order valence-electron chi connectivity index (χ2n) is 7.92. The Morgan fingerprint density at radius 3 is 2.34 bits per heavy atom. The summed E-state index contributed by atoms with van der Waals surface area (Å²) in [5.74, 6) is -0.281. The summed E-state index contributed by atoms with van der Waals surface area (Å²) in [4.78, 5) is 12.0. The smallest absolute Gasteiger partial charge is 0.381 e. The number of carbonyl (C=O) groups is 1. The molecule has 1 saturated carbocycles. The van der Waals surface area contributed by atoms with Crippen molar-refractivity contribution < 1.29 is 31.1 Å². The Morgan fingerprint density at radius 1 is 1.07 bits per heavy atom. The average molecular weight is 433 g/mol. The summed E-state index contributed by atoms with van der Waals surface area (Å²) in [6.45, 7) is 1.19. The van der Waals surface area contributed by atoms with E-state index < -0.39 is 21.6 Å². The van der Waals surface area contributed by atoms with Crippen LogP contribution >= 0.6 is 0 Å². The third-order valence-electron chi connectivity index (χ3n) is 5.76. The first-order valence-electron chi connectivity index (χ1n) is 9.93. The summed E-state index contributed by atoms with van der Waals surface area (Å²) < 4.78 is 69.0. The zero-order valence-corrected chi connectivity index (χ0v) is 16.9. The molecule has 29 heavy (non-hydrogen) atoms. The SMILES string of the molecule is O=C(NC1CCC(CS(=O)(=O)c2cccc(C(F)(F)F)c2)CC1)C1CCOCC1. The topological polar surface area (TPSA) is 72.5 Å². The summed E-state index contributed by atoms with van der Waals surface area (Å²) in [6, 6.07) is 3.93. The van der Waals surface area contributed by atoms with E-state index in [1.807, 2.05) is 0 Å². The van der Waals surface area contributed by atoms with Gasteiger partial charge < -0.3 is 10.1 Å². The third kappa shape index (κ3) is 5.94. The Hall–Kier alpha value is -1.61. The van der Waals surface area contributed by atoms with Gasteiger partial charge in [0.2, 0.25) is 5.91 Å². The van der Waals surface area contributed by atoms with Crippen LogP contribution < -0.4 is 5.32 Å². The second-order valence-corrected chi connectivity index (χ2v) is 9.95. The molecule has 1 aliphatic heterocycles. The lowest BCUT2D eigenvalue weighted by Crippen LogP contribution is -2.42. The highest BCUT2D eigenvalue weighted by molar-refractivity contribution is 7.91. The normalized spacial score (nSPS) is 24.2. The first kappa shape index (κ1) is 22.1. The molecule has 1 aliphatic carbocycles. The first-order chi connectivity index (χ1) is 13.6. The molecule has 2 fully saturated rings. The molecule has 1 heterocycles. The van der Waals surface area contributed by atoms with Crippen LogP contribution in [-0.4, -0.2) is 39.3 Å². The Morgan fingerprint density at radius 2 is 1.72 bits per heavy atom. The van der Waals surface area contributed by atoms with Crippen molar-refractivity contribution in [1.29, 1.82) is 0 Å². The van der Waals surface area contributed by atoms with Crippen molar-refractivity contribution in [3.05, 3.63) is 29.8 Å². The van der Waals surface area contributed by atoms with Crippen LogP contribution in [0.15, 0.2) is 29.2 Å². The van der Waals surface area contributed by atoms with Gasteiger partial charge in [-0.05, 0) is 62.6 Å². The fraction of sp³-hybridized carbons (Fsp3) is 0.650. The Kier molecular flexibility index (Phi) is 6.88. The largest absolute Gasteiger partial charge is 0.416 e. The van der Waals surface area contributed by atoms with E-state index in [2.05, 4.69) is 5.32 Å². The van der Waals surface area contributed by atoms with E-state index in [-0.39, 0.29) is 34.4 Å². The number of amides is 1. The molecular formula is C20H26F3NO4S. The van der Waals surface area contributed by atoms with Crippen LogP contribution in [0.5, 0.6) is 0 Å². The van der Waals surface area contributed by atoms with Gasteiger partial charge in [-0.15, -0.1) is 0 Å². The number of rotatable bonds is 5. The van der Waals surface area contributed by atoms with E-state index in [0.29, 0.717) is 45.0 Å². The number of alkyl halides is 3. The predicted octanol–water partition coefficient (Wildman–Crippen LogP) is 3.58. The molecule has 1 saturated heterocycles. The molecule has 0 bridgehead atoms. The zero-order chi connectivity index (χ0) is 21.1. The minimum atomic E-state index is -4.58. The highest BCUT2D eigenvalue weighted by Crippen LogP contribution is 2.32. The summed E-state index contributed by atoms with van der Waals surface area (Å²) in [5, 5.41) is 3.06. The van der Waals surface area contributed by atoms with Gasteiger partial charge in [0.1, 0.15) is 0 Å². The third-order valence-corrected chi connectivity index (χ3v) is 7.64. The lowest BCUT2D eigenvalue weighted by Gasteiger charge is -2.31. The van der Waals surface area contributed by atoms with Gasteiger partial charge in [0.05, 0.1) is 16.2 Å². The molecule has 1 aromatic rings. The van der Waals surface area contributed by atoms with E-state index in [9.17, 15) is 26.4 Å². The minimum Gasteiger partial charge on any atom is -0.381 e.